The highest BCUT2D eigenvalue weighted by atomic mass is 35.5. The van der Waals surface area contributed by atoms with Crippen molar-refractivity contribution in [3.8, 4) is 0 Å². The number of piperidine rings is 1. The third-order valence-electron chi connectivity index (χ3n) is 2.71. The van der Waals surface area contributed by atoms with Crippen LogP contribution in [0.3, 0.4) is 0 Å². The summed E-state index contributed by atoms with van der Waals surface area (Å²) in [5.74, 6) is 0.427. The predicted octanol–water partition coefficient (Wildman–Crippen LogP) is -0.0280. The lowest BCUT2D eigenvalue weighted by Gasteiger charge is -2.29. The summed E-state index contributed by atoms with van der Waals surface area (Å²) >= 11 is 0. The van der Waals surface area contributed by atoms with Crippen LogP contribution in [0.4, 0.5) is 0 Å². The molecule has 0 aromatic rings. The predicted molar refractivity (Wildman–Crippen MR) is 66.5 cm³/mol. The Hall–Kier alpha value is 0.120. The van der Waals surface area contributed by atoms with E-state index in [0.29, 0.717) is 12.5 Å². The first-order valence-electron chi connectivity index (χ1n) is 5.25. The van der Waals surface area contributed by atoms with Gasteiger partial charge in [-0.1, -0.05) is 6.92 Å². The Morgan fingerprint density at radius 1 is 1.50 bits per heavy atom. The number of nitrogens with one attached hydrogen (secondary N) is 2. The molecule has 1 heterocycles. The van der Waals surface area contributed by atoms with Crippen molar-refractivity contribution in [2.45, 2.75) is 19.4 Å². The van der Waals surface area contributed by atoms with Gasteiger partial charge in [-0.15, -0.1) is 12.4 Å². The van der Waals surface area contributed by atoms with Crippen molar-refractivity contribution in [3.63, 3.8) is 0 Å². The van der Waals surface area contributed by atoms with Gasteiger partial charge in [-0.05, 0) is 18.9 Å². The molecular formula is C9H21ClN2O3S. The Labute approximate surface area is 104 Å². The third-order valence-corrected chi connectivity index (χ3v) is 4.08. The molecule has 2 atom stereocenters. The van der Waals surface area contributed by atoms with E-state index in [1.165, 1.54) is 7.11 Å². The number of methoxy groups -OCH3 is 1. The Bertz CT molecular complexity index is 284. The SMILES string of the molecule is COCCS(=O)(=O)NC1CNCCC1C.Cl. The van der Waals surface area contributed by atoms with E-state index in [1.807, 2.05) is 0 Å². The molecule has 0 amide bonds. The van der Waals surface area contributed by atoms with Crippen LogP contribution in [-0.4, -0.2) is 47.0 Å². The van der Waals surface area contributed by atoms with Crippen molar-refractivity contribution < 1.29 is 13.2 Å². The molecule has 1 saturated heterocycles. The van der Waals surface area contributed by atoms with Crippen molar-refractivity contribution in [2.24, 2.45) is 5.92 Å². The number of hydrogen-bond acceptors (Lipinski definition) is 4. The Kier molecular flexibility index (Phi) is 7.50. The van der Waals surface area contributed by atoms with Crippen LogP contribution in [0.15, 0.2) is 0 Å². The number of rotatable bonds is 5. The lowest BCUT2D eigenvalue weighted by molar-refractivity contribution is 0.216. The summed E-state index contributed by atoms with van der Waals surface area (Å²) in [7, 11) is -1.69. The highest BCUT2D eigenvalue weighted by molar-refractivity contribution is 7.89. The second-order valence-corrected chi connectivity index (χ2v) is 5.88. The van der Waals surface area contributed by atoms with E-state index in [-0.39, 0.29) is 30.8 Å². The monoisotopic (exact) mass is 272 g/mol. The van der Waals surface area contributed by atoms with Gasteiger partial charge < -0.3 is 10.1 Å². The zero-order chi connectivity index (χ0) is 11.3. The maximum atomic E-state index is 11.6. The van der Waals surface area contributed by atoms with E-state index >= 15 is 0 Å². The molecule has 1 aliphatic rings. The molecular weight excluding hydrogens is 252 g/mol. The average Bonchev–Trinajstić information content (AvgIpc) is 2.18. The van der Waals surface area contributed by atoms with E-state index in [0.717, 1.165) is 13.0 Å². The van der Waals surface area contributed by atoms with Crippen LogP contribution in [0, 0.1) is 5.92 Å². The van der Waals surface area contributed by atoms with Gasteiger partial charge in [0.05, 0.1) is 12.4 Å². The molecule has 0 bridgehead atoms. The van der Waals surface area contributed by atoms with Crippen LogP contribution in [0.1, 0.15) is 13.3 Å². The molecule has 16 heavy (non-hydrogen) atoms. The van der Waals surface area contributed by atoms with Crippen molar-refractivity contribution in [1.29, 1.82) is 0 Å². The first kappa shape index (κ1) is 16.1. The summed E-state index contributed by atoms with van der Waals surface area (Å²) in [6.07, 6.45) is 1.01. The van der Waals surface area contributed by atoms with E-state index < -0.39 is 10.0 Å². The fourth-order valence-corrected chi connectivity index (χ4v) is 2.91. The Morgan fingerprint density at radius 3 is 2.75 bits per heavy atom. The standard InChI is InChI=1S/C9H20N2O3S.ClH/c1-8-3-4-10-7-9(8)11-15(12,13)6-5-14-2;/h8-11H,3-7H2,1-2H3;1H. The smallest absolute Gasteiger partial charge is 0.214 e. The van der Waals surface area contributed by atoms with Gasteiger partial charge in [0, 0.05) is 19.7 Å². The number of hydrogen-bond donors (Lipinski definition) is 2. The summed E-state index contributed by atoms with van der Waals surface area (Å²) in [6.45, 7) is 4.00. The maximum absolute atomic E-state index is 11.6. The summed E-state index contributed by atoms with van der Waals surface area (Å²) in [5, 5.41) is 3.19. The molecule has 0 saturated carbocycles. The van der Waals surface area contributed by atoms with Crippen LogP contribution >= 0.6 is 12.4 Å². The molecule has 0 radical (unpaired) electrons. The summed E-state index contributed by atoms with van der Waals surface area (Å²) < 4.78 is 30.6. The van der Waals surface area contributed by atoms with E-state index in [4.69, 9.17) is 4.74 Å². The van der Waals surface area contributed by atoms with Gasteiger partial charge in [0.2, 0.25) is 10.0 Å². The first-order valence-corrected chi connectivity index (χ1v) is 6.90. The molecule has 1 rings (SSSR count). The van der Waals surface area contributed by atoms with Gasteiger partial charge >= 0.3 is 0 Å². The summed E-state index contributed by atoms with van der Waals surface area (Å²) in [6, 6.07) is 0.0145. The van der Waals surface area contributed by atoms with Gasteiger partial charge in [-0.3, -0.25) is 0 Å². The van der Waals surface area contributed by atoms with Crippen LogP contribution in [-0.2, 0) is 14.8 Å². The normalized spacial score (nSPS) is 26.1. The van der Waals surface area contributed by atoms with Gasteiger partial charge in [-0.25, -0.2) is 13.1 Å². The number of ether oxygens (including phenoxy) is 1. The lowest BCUT2D eigenvalue weighted by atomic mass is 9.96. The third kappa shape index (κ3) is 5.45. The van der Waals surface area contributed by atoms with Crippen molar-refractivity contribution >= 4 is 22.4 Å². The van der Waals surface area contributed by atoms with Gasteiger partial charge in [0.15, 0.2) is 0 Å². The number of sulfonamides is 1. The molecule has 98 valence electrons. The average molecular weight is 273 g/mol. The second-order valence-electron chi connectivity index (χ2n) is 4.01. The summed E-state index contributed by atoms with van der Waals surface area (Å²) in [4.78, 5) is 0. The topological polar surface area (TPSA) is 67.4 Å². The second kappa shape index (κ2) is 7.45. The van der Waals surface area contributed by atoms with Crippen LogP contribution in [0.25, 0.3) is 0 Å². The Balaban J connectivity index is 0.00000225. The molecule has 0 aliphatic carbocycles. The molecule has 0 spiro atoms. The zero-order valence-corrected chi connectivity index (χ0v) is 11.4. The molecule has 1 fully saturated rings. The largest absolute Gasteiger partial charge is 0.384 e. The highest BCUT2D eigenvalue weighted by Gasteiger charge is 2.25. The minimum Gasteiger partial charge on any atom is -0.384 e. The lowest BCUT2D eigenvalue weighted by Crippen LogP contribution is -2.50. The van der Waals surface area contributed by atoms with Crippen LogP contribution in [0.2, 0.25) is 0 Å². The summed E-state index contributed by atoms with van der Waals surface area (Å²) in [5.41, 5.74) is 0. The molecule has 0 aromatic heterocycles. The van der Waals surface area contributed by atoms with Gasteiger partial charge in [-0.2, -0.15) is 0 Å². The van der Waals surface area contributed by atoms with Gasteiger partial charge in [0.25, 0.3) is 0 Å². The minimum atomic E-state index is -3.19. The zero-order valence-electron chi connectivity index (χ0n) is 9.73. The molecule has 7 heteroatoms. The van der Waals surface area contributed by atoms with Crippen molar-refractivity contribution in [1.82, 2.24) is 10.0 Å². The van der Waals surface area contributed by atoms with E-state index in [2.05, 4.69) is 17.0 Å². The molecule has 2 unspecified atom stereocenters. The molecule has 0 aromatic carbocycles. The fourth-order valence-electron chi connectivity index (χ4n) is 1.63. The minimum absolute atomic E-state index is 0. The van der Waals surface area contributed by atoms with Crippen molar-refractivity contribution in [2.75, 3.05) is 32.6 Å². The quantitative estimate of drug-likeness (QED) is 0.738. The van der Waals surface area contributed by atoms with Crippen LogP contribution < -0.4 is 10.0 Å². The van der Waals surface area contributed by atoms with Crippen molar-refractivity contribution in [3.05, 3.63) is 0 Å². The fraction of sp³-hybridized carbons (Fsp3) is 1.00. The van der Waals surface area contributed by atoms with E-state index in [1.54, 1.807) is 0 Å². The molecule has 1 aliphatic heterocycles. The first-order chi connectivity index (χ1) is 7.05. The Morgan fingerprint density at radius 2 is 2.19 bits per heavy atom. The highest BCUT2D eigenvalue weighted by Crippen LogP contribution is 2.12. The van der Waals surface area contributed by atoms with Gasteiger partial charge in [0.1, 0.15) is 0 Å². The molecule has 5 nitrogen and oxygen atoms in total. The molecule has 2 N–H and O–H groups in total. The van der Waals surface area contributed by atoms with Crippen LogP contribution in [0.5, 0.6) is 0 Å². The number of halogens is 1. The van der Waals surface area contributed by atoms with E-state index in [9.17, 15) is 8.42 Å². The maximum Gasteiger partial charge on any atom is 0.214 e.